The first-order valence-corrected chi connectivity index (χ1v) is 4.56. The average molecular weight is 169 g/mol. The normalized spacial score (nSPS) is 25.3. The number of hydrogen-bond donors (Lipinski definition) is 0. The maximum Gasteiger partial charge on any atom is 0.0861 e. The molecular weight excluding hydrogens is 154 g/mol. The molecule has 2 rings (SSSR count). The Balaban J connectivity index is 1.92. The van der Waals surface area contributed by atoms with Gasteiger partial charge < -0.3 is 14.4 Å². The second-order valence-electron chi connectivity index (χ2n) is 3.14. The van der Waals surface area contributed by atoms with E-state index in [1.807, 2.05) is 0 Å². The van der Waals surface area contributed by atoms with Crippen LogP contribution in [-0.4, -0.2) is 44.4 Å². The van der Waals surface area contributed by atoms with E-state index in [0.29, 0.717) is 0 Å². The fourth-order valence-electron chi connectivity index (χ4n) is 1.62. The predicted molar refractivity (Wildman–Crippen MR) is 45.9 cm³/mol. The number of nitrogens with zero attached hydrogens (tertiary/aromatic N) is 1. The van der Waals surface area contributed by atoms with Crippen LogP contribution in [0.5, 0.6) is 0 Å². The van der Waals surface area contributed by atoms with Crippen molar-refractivity contribution in [1.29, 1.82) is 0 Å². The highest BCUT2D eigenvalue weighted by Gasteiger charge is 2.14. The first-order valence-electron chi connectivity index (χ1n) is 4.56. The van der Waals surface area contributed by atoms with Crippen molar-refractivity contribution in [1.82, 2.24) is 4.90 Å². The summed E-state index contributed by atoms with van der Waals surface area (Å²) in [5, 5.41) is 0. The van der Waals surface area contributed by atoms with Crippen LogP contribution in [0.1, 0.15) is 6.42 Å². The van der Waals surface area contributed by atoms with E-state index >= 15 is 0 Å². The summed E-state index contributed by atoms with van der Waals surface area (Å²) in [7, 11) is 0. The molecule has 0 N–H and O–H groups in total. The van der Waals surface area contributed by atoms with E-state index in [0.717, 1.165) is 45.9 Å². The summed E-state index contributed by atoms with van der Waals surface area (Å²) in [5.41, 5.74) is 1.35. The zero-order valence-electron chi connectivity index (χ0n) is 7.29. The van der Waals surface area contributed by atoms with Gasteiger partial charge in [-0.2, -0.15) is 0 Å². The zero-order chi connectivity index (χ0) is 8.23. The maximum absolute atomic E-state index is 5.38. The predicted octanol–water partition coefficient (Wildman–Crippen LogP) is 0.623. The minimum Gasteiger partial charge on any atom is -0.378 e. The van der Waals surface area contributed by atoms with Crippen molar-refractivity contribution in [3.63, 3.8) is 0 Å². The van der Waals surface area contributed by atoms with Gasteiger partial charge in [-0.05, 0) is 6.42 Å². The van der Waals surface area contributed by atoms with Crippen LogP contribution >= 0.6 is 0 Å². The number of rotatable bonds is 1. The third-order valence-electron chi connectivity index (χ3n) is 2.31. The lowest BCUT2D eigenvalue weighted by molar-refractivity contribution is 0.0380. The number of morpholine rings is 1. The van der Waals surface area contributed by atoms with Gasteiger partial charge in [0.2, 0.25) is 0 Å². The Morgan fingerprint density at radius 1 is 1.08 bits per heavy atom. The lowest BCUT2D eigenvalue weighted by Crippen LogP contribution is -2.37. The highest BCUT2D eigenvalue weighted by Crippen LogP contribution is 2.12. The molecule has 0 aliphatic carbocycles. The highest BCUT2D eigenvalue weighted by molar-refractivity contribution is 5.04. The molecule has 0 aromatic rings. The van der Waals surface area contributed by atoms with Crippen LogP contribution in [-0.2, 0) is 9.47 Å². The highest BCUT2D eigenvalue weighted by atomic mass is 16.5. The summed E-state index contributed by atoms with van der Waals surface area (Å²) in [6.45, 7) is 5.44. The second kappa shape index (κ2) is 3.92. The van der Waals surface area contributed by atoms with Crippen molar-refractivity contribution in [2.24, 2.45) is 0 Å². The molecule has 0 unspecified atom stereocenters. The smallest absolute Gasteiger partial charge is 0.0861 e. The first kappa shape index (κ1) is 8.08. The van der Waals surface area contributed by atoms with Crippen LogP contribution in [0, 0.1) is 0 Å². The van der Waals surface area contributed by atoms with Crippen LogP contribution in [0.3, 0.4) is 0 Å². The number of hydrogen-bond acceptors (Lipinski definition) is 3. The summed E-state index contributed by atoms with van der Waals surface area (Å²) in [4.78, 5) is 2.36. The molecule has 1 fully saturated rings. The van der Waals surface area contributed by atoms with Crippen LogP contribution in [0.15, 0.2) is 11.8 Å². The third kappa shape index (κ3) is 1.79. The first-order chi connectivity index (χ1) is 5.97. The Morgan fingerprint density at radius 3 is 2.58 bits per heavy atom. The molecule has 68 valence electrons. The van der Waals surface area contributed by atoms with E-state index in [4.69, 9.17) is 9.47 Å². The molecule has 0 aromatic heterocycles. The van der Waals surface area contributed by atoms with Gasteiger partial charge in [-0.15, -0.1) is 0 Å². The van der Waals surface area contributed by atoms with Crippen LogP contribution in [0.4, 0.5) is 0 Å². The van der Waals surface area contributed by atoms with Gasteiger partial charge in [0.25, 0.3) is 0 Å². The SMILES string of the molecule is C1=C(N2CCOCC2)COCC1. The van der Waals surface area contributed by atoms with Crippen molar-refractivity contribution >= 4 is 0 Å². The molecule has 0 atom stereocenters. The van der Waals surface area contributed by atoms with Crippen LogP contribution < -0.4 is 0 Å². The van der Waals surface area contributed by atoms with Gasteiger partial charge in [0.1, 0.15) is 0 Å². The average Bonchev–Trinajstić information content (AvgIpc) is 2.21. The minimum absolute atomic E-state index is 0.792. The summed E-state index contributed by atoms with van der Waals surface area (Å²) < 4.78 is 10.7. The molecule has 3 heteroatoms. The second-order valence-corrected chi connectivity index (χ2v) is 3.14. The fraction of sp³-hybridized carbons (Fsp3) is 0.778. The maximum atomic E-state index is 5.38. The zero-order valence-corrected chi connectivity index (χ0v) is 7.29. The summed E-state index contributed by atoms with van der Waals surface area (Å²) in [6, 6.07) is 0. The van der Waals surface area contributed by atoms with Crippen LogP contribution in [0.25, 0.3) is 0 Å². The van der Waals surface area contributed by atoms with Gasteiger partial charge in [-0.25, -0.2) is 0 Å². The minimum atomic E-state index is 0.792. The topological polar surface area (TPSA) is 21.7 Å². The quantitative estimate of drug-likeness (QED) is 0.574. The van der Waals surface area contributed by atoms with Crippen molar-refractivity contribution in [2.45, 2.75) is 6.42 Å². The molecule has 0 spiro atoms. The summed E-state index contributed by atoms with van der Waals surface area (Å²) in [6.07, 6.45) is 3.35. The van der Waals surface area contributed by atoms with E-state index in [1.54, 1.807) is 0 Å². The Hall–Kier alpha value is -0.540. The molecule has 0 aromatic carbocycles. The van der Waals surface area contributed by atoms with Crippen LogP contribution in [0.2, 0.25) is 0 Å². The molecule has 0 saturated carbocycles. The molecule has 12 heavy (non-hydrogen) atoms. The Morgan fingerprint density at radius 2 is 1.92 bits per heavy atom. The standard InChI is InChI=1S/C9H15NO2/c1-2-9(8-12-5-1)10-3-6-11-7-4-10/h2H,1,3-8H2. The van der Waals surface area contributed by atoms with E-state index in [-0.39, 0.29) is 0 Å². The van der Waals surface area contributed by atoms with E-state index < -0.39 is 0 Å². The van der Waals surface area contributed by atoms with Crippen molar-refractivity contribution in [3.8, 4) is 0 Å². The third-order valence-corrected chi connectivity index (χ3v) is 2.31. The van der Waals surface area contributed by atoms with Crippen molar-refractivity contribution < 1.29 is 9.47 Å². The van der Waals surface area contributed by atoms with E-state index in [9.17, 15) is 0 Å². The van der Waals surface area contributed by atoms with Gasteiger partial charge in [-0.1, -0.05) is 6.08 Å². The van der Waals surface area contributed by atoms with Crippen molar-refractivity contribution in [3.05, 3.63) is 11.8 Å². The molecule has 2 aliphatic rings. The molecule has 2 heterocycles. The Bertz CT molecular complexity index is 173. The number of ether oxygens (including phenoxy) is 2. The summed E-state index contributed by atoms with van der Waals surface area (Å²) >= 11 is 0. The van der Waals surface area contributed by atoms with E-state index in [1.165, 1.54) is 5.70 Å². The lowest BCUT2D eigenvalue weighted by Gasteiger charge is -2.32. The lowest BCUT2D eigenvalue weighted by atomic mass is 10.2. The largest absolute Gasteiger partial charge is 0.378 e. The molecular formula is C9H15NO2. The van der Waals surface area contributed by atoms with Gasteiger partial charge >= 0.3 is 0 Å². The van der Waals surface area contributed by atoms with Gasteiger partial charge in [0, 0.05) is 18.8 Å². The van der Waals surface area contributed by atoms with Gasteiger partial charge in [-0.3, -0.25) is 0 Å². The van der Waals surface area contributed by atoms with E-state index in [2.05, 4.69) is 11.0 Å². The molecule has 3 nitrogen and oxygen atoms in total. The fourth-order valence-corrected chi connectivity index (χ4v) is 1.62. The molecule has 1 saturated heterocycles. The molecule has 2 aliphatic heterocycles. The van der Waals surface area contributed by atoms with Gasteiger partial charge in [0.05, 0.1) is 26.4 Å². The Kier molecular flexibility index (Phi) is 2.64. The molecule has 0 bridgehead atoms. The Labute approximate surface area is 72.9 Å². The monoisotopic (exact) mass is 169 g/mol. The molecule has 0 radical (unpaired) electrons. The molecule has 0 amide bonds. The van der Waals surface area contributed by atoms with Crippen molar-refractivity contribution in [2.75, 3.05) is 39.5 Å². The summed E-state index contributed by atoms with van der Waals surface area (Å²) in [5.74, 6) is 0. The van der Waals surface area contributed by atoms with Gasteiger partial charge in [0.15, 0.2) is 0 Å².